The second kappa shape index (κ2) is 6.69. The van der Waals surface area contributed by atoms with Gasteiger partial charge in [0.05, 0.1) is 27.2 Å². The van der Waals surface area contributed by atoms with Crippen molar-refractivity contribution in [3.05, 3.63) is 12.2 Å². The van der Waals surface area contributed by atoms with Crippen LogP contribution < -0.4 is 0 Å². The summed E-state index contributed by atoms with van der Waals surface area (Å²) in [6, 6.07) is 0. The van der Waals surface area contributed by atoms with Crippen molar-refractivity contribution in [2.24, 2.45) is 5.41 Å². The number of quaternary nitrogens is 1. The highest BCUT2D eigenvalue weighted by atomic mass is 16.5. The number of carbonyl (C=O) groups excluding carboxylic acids is 2. The quantitative estimate of drug-likeness (QED) is 0.302. The Morgan fingerprint density at radius 3 is 2.28 bits per heavy atom. The van der Waals surface area contributed by atoms with E-state index in [-0.39, 0.29) is 5.78 Å². The molecule has 0 aromatic heterocycles. The lowest BCUT2D eigenvalue weighted by Gasteiger charge is -2.31. The van der Waals surface area contributed by atoms with E-state index >= 15 is 0 Å². The third-order valence-electron chi connectivity index (χ3n) is 2.89. The number of nitrogens with zero attached hydrogens (tertiary/aromatic N) is 1. The van der Waals surface area contributed by atoms with Crippen LogP contribution in [0.1, 0.15) is 27.7 Å². The van der Waals surface area contributed by atoms with Crippen molar-refractivity contribution >= 4 is 11.8 Å². The Balaban J connectivity index is 4.69. The van der Waals surface area contributed by atoms with Gasteiger partial charge in [0.25, 0.3) is 0 Å². The minimum absolute atomic E-state index is 0.0875. The van der Waals surface area contributed by atoms with Gasteiger partial charge in [-0.05, 0) is 33.8 Å². The summed E-state index contributed by atoms with van der Waals surface area (Å²) in [5.74, 6) is -0.531. The van der Waals surface area contributed by atoms with Crippen LogP contribution in [-0.2, 0) is 14.3 Å². The van der Waals surface area contributed by atoms with Gasteiger partial charge in [0, 0.05) is 0 Å². The Morgan fingerprint density at radius 1 is 1.28 bits per heavy atom. The number of likely N-dealkylation sites (N-methyl/N-ethyl adjacent to an activating group) is 1. The maximum atomic E-state index is 12.2. The average molecular weight is 256 g/mol. The Hall–Kier alpha value is -1.16. The molecule has 0 aromatic rings. The number of rotatable bonds is 7. The predicted octanol–water partition coefficient (Wildman–Crippen LogP) is 1.80. The monoisotopic (exact) mass is 256 g/mol. The van der Waals surface area contributed by atoms with Crippen molar-refractivity contribution in [2.45, 2.75) is 27.7 Å². The molecule has 18 heavy (non-hydrogen) atoms. The molecule has 0 aliphatic carbocycles. The Morgan fingerprint density at radius 2 is 1.83 bits per heavy atom. The fourth-order valence-corrected chi connectivity index (χ4v) is 1.47. The molecule has 0 saturated heterocycles. The lowest BCUT2D eigenvalue weighted by atomic mass is 9.87. The number of hydrogen-bond donors (Lipinski definition) is 0. The molecule has 104 valence electrons. The van der Waals surface area contributed by atoms with E-state index in [1.54, 1.807) is 20.8 Å². The first kappa shape index (κ1) is 16.8. The van der Waals surface area contributed by atoms with Crippen LogP contribution in [0.4, 0.5) is 0 Å². The van der Waals surface area contributed by atoms with Crippen molar-refractivity contribution in [3.63, 3.8) is 0 Å². The summed E-state index contributed by atoms with van der Waals surface area (Å²) in [5.41, 5.74) is -1.07. The number of ether oxygens (including phenoxy) is 1. The topological polar surface area (TPSA) is 43.4 Å². The van der Waals surface area contributed by atoms with Gasteiger partial charge in [0.15, 0.2) is 0 Å². The molecule has 0 saturated carbocycles. The minimum atomic E-state index is -1.07. The van der Waals surface area contributed by atoms with Gasteiger partial charge in [-0.1, -0.05) is 6.08 Å². The molecule has 4 heteroatoms. The summed E-state index contributed by atoms with van der Waals surface area (Å²) in [6.45, 7) is 8.32. The Labute approximate surface area is 110 Å². The highest BCUT2D eigenvalue weighted by molar-refractivity contribution is 6.03. The molecule has 0 aliphatic rings. The number of hydrogen-bond acceptors (Lipinski definition) is 3. The number of ketones is 1. The van der Waals surface area contributed by atoms with Crippen LogP contribution in [0.2, 0.25) is 0 Å². The largest absolute Gasteiger partial charge is 0.465 e. The molecule has 0 atom stereocenters. The van der Waals surface area contributed by atoms with Crippen molar-refractivity contribution in [3.8, 4) is 0 Å². The molecule has 0 radical (unpaired) electrons. The Kier molecular flexibility index (Phi) is 6.26. The van der Waals surface area contributed by atoms with Crippen LogP contribution in [0, 0.1) is 5.41 Å². The summed E-state index contributed by atoms with van der Waals surface area (Å²) in [4.78, 5) is 24.0. The number of Topliss-reactive ketones (excluding diaryl/α,β-unsaturated/α-hetero) is 1. The first-order valence-electron chi connectivity index (χ1n) is 6.31. The van der Waals surface area contributed by atoms with E-state index in [4.69, 9.17) is 4.74 Å². The summed E-state index contributed by atoms with van der Waals surface area (Å²) >= 11 is 0. The maximum Gasteiger partial charge on any atom is 0.319 e. The SMILES string of the molecule is C/C=C/C[N+](C)(C)CC(=O)C(C)(C)C(=O)OCC. The second-order valence-electron chi connectivity index (χ2n) is 5.61. The highest BCUT2D eigenvalue weighted by Gasteiger charge is 2.40. The molecule has 0 amide bonds. The molecule has 0 aromatic carbocycles. The molecule has 0 bridgehead atoms. The van der Waals surface area contributed by atoms with Crippen LogP contribution in [0.3, 0.4) is 0 Å². The molecule has 0 aliphatic heterocycles. The predicted molar refractivity (Wildman–Crippen MR) is 72.1 cm³/mol. The van der Waals surface area contributed by atoms with Crippen LogP contribution in [0.15, 0.2) is 12.2 Å². The summed E-state index contributed by atoms with van der Waals surface area (Å²) in [6.07, 6.45) is 3.98. The third kappa shape index (κ3) is 5.00. The molecular weight excluding hydrogens is 230 g/mol. The minimum Gasteiger partial charge on any atom is -0.465 e. The van der Waals surface area contributed by atoms with Gasteiger partial charge in [-0.15, -0.1) is 0 Å². The fourth-order valence-electron chi connectivity index (χ4n) is 1.47. The zero-order valence-electron chi connectivity index (χ0n) is 12.4. The van der Waals surface area contributed by atoms with Gasteiger partial charge >= 0.3 is 5.97 Å². The van der Waals surface area contributed by atoms with E-state index in [1.807, 2.05) is 33.2 Å². The van der Waals surface area contributed by atoms with Crippen LogP contribution in [-0.4, -0.2) is 50.0 Å². The van der Waals surface area contributed by atoms with Crippen LogP contribution >= 0.6 is 0 Å². The van der Waals surface area contributed by atoms with Gasteiger partial charge in [-0.25, -0.2) is 0 Å². The lowest BCUT2D eigenvalue weighted by Crippen LogP contribution is -2.49. The second-order valence-corrected chi connectivity index (χ2v) is 5.61. The first-order chi connectivity index (χ1) is 8.17. The maximum absolute atomic E-state index is 12.2. The van der Waals surface area contributed by atoms with Gasteiger partial charge < -0.3 is 9.22 Å². The van der Waals surface area contributed by atoms with Gasteiger partial charge in [-0.2, -0.15) is 0 Å². The van der Waals surface area contributed by atoms with Crippen molar-refractivity contribution < 1.29 is 18.8 Å². The number of allylic oxidation sites excluding steroid dienone is 1. The summed E-state index contributed by atoms with van der Waals surface area (Å²) in [7, 11) is 3.94. The number of esters is 1. The van der Waals surface area contributed by atoms with Gasteiger partial charge in [0.1, 0.15) is 12.0 Å². The zero-order valence-corrected chi connectivity index (χ0v) is 12.4. The van der Waals surface area contributed by atoms with Gasteiger partial charge in [-0.3, -0.25) is 9.59 Å². The molecule has 0 fully saturated rings. The third-order valence-corrected chi connectivity index (χ3v) is 2.89. The standard InChI is InChI=1S/C14H26NO3/c1-7-9-10-15(5,6)11-12(16)14(3,4)13(17)18-8-2/h7,9H,8,10-11H2,1-6H3/q+1/b9-7+. The molecule has 0 rings (SSSR count). The number of carbonyl (C=O) groups is 2. The molecule has 0 heterocycles. The molecule has 0 spiro atoms. The molecule has 0 N–H and O–H groups in total. The van der Waals surface area contributed by atoms with E-state index < -0.39 is 11.4 Å². The molecular formula is C14H26NO3+. The van der Waals surface area contributed by atoms with E-state index in [0.29, 0.717) is 17.6 Å². The lowest BCUT2D eigenvalue weighted by molar-refractivity contribution is -0.876. The highest BCUT2D eigenvalue weighted by Crippen LogP contribution is 2.20. The zero-order chi connectivity index (χ0) is 14.4. The summed E-state index contributed by atoms with van der Waals surface area (Å²) < 4.78 is 5.48. The first-order valence-corrected chi connectivity index (χ1v) is 6.31. The van der Waals surface area contributed by atoms with E-state index in [0.717, 1.165) is 6.54 Å². The van der Waals surface area contributed by atoms with E-state index in [9.17, 15) is 9.59 Å². The van der Waals surface area contributed by atoms with Crippen molar-refractivity contribution in [1.82, 2.24) is 0 Å². The van der Waals surface area contributed by atoms with Crippen molar-refractivity contribution in [2.75, 3.05) is 33.8 Å². The Bertz CT molecular complexity index is 330. The van der Waals surface area contributed by atoms with Gasteiger partial charge in [0.2, 0.25) is 5.78 Å². The van der Waals surface area contributed by atoms with Crippen LogP contribution in [0.5, 0.6) is 0 Å². The smallest absolute Gasteiger partial charge is 0.319 e. The fraction of sp³-hybridized carbons (Fsp3) is 0.714. The van der Waals surface area contributed by atoms with E-state index in [1.165, 1.54) is 0 Å². The summed E-state index contributed by atoms with van der Waals surface area (Å²) in [5, 5.41) is 0. The normalized spacial score (nSPS) is 12.8. The average Bonchev–Trinajstić information content (AvgIpc) is 2.26. The van der Waals surface area contributed by atoms with Crippen molar-refractivity contribution in [1.29, 1.82) is 0 Å². The van der Waals surface area contributed by atoms with E-state index in [2.05, 4.69) is 0 Å². The molecule has 0 unspecified atom stereocenters. The molecule has 4 nitrogen and oxygen atoms in total. The van der Waals surface area contributed by atoms with Crippen LogP contribution in [0.25, 0.3) is 0 Å².